The lowest BCUT2D eigenvalue weighted by molar-refractivity contribution is -0.141. The van der Waals surface area contributed by atoms with Gasteiger partial charge in [-0.2, -0.15) is 0 Å². The molecule has 140 valence electrons. The Labute approximate surface area is 155 Å². The minimum atomic E-state index is -0.430. The molecule has 0 radical (unpaired) electrons. The number of carbonyl (C=O) groups is 2. The van der Waals surface area contributed by atoms with Crippen molar-refractivity contribution in [2.24, 2.45) is 11.3 Å². The highest BCUT2D eigenvalue weighted by Crippen LogP contribution is 2.44. The number of pyridine rings is 1. The van der Waals surface area contributed by atoms with Crippen LogP contribution in [0.2, 0.25) is 0 Å². The van der Waals surface area contributed by atoms with Crippen LogP contribution in [0.5, 0.6) is 0 Å². The quantitative estimate of drug-likeness (QED) is 0.819. The predicted molar refractivity (Wildman–Crippen MR) is 98.2 cm³/mol. The fourth-order valence-electron chi connectivity index (χ4n) is 4.89. The number of nitrogens with zero attached hydrogens (tertiary/aromatic N) is 4. The van der Waals surface area contributed by atoms with Gasteiger partial charge in [0.15, 0.2) is 0 Å². The van der Waals surface area contributed by atoms with Crippen molar-refractivity contribution in [2.75, 3.05) is 39.3 Å². The molecule has 6 nitrogen and oxygen atoms in total. The number of likely N-dealkylation sites (tertiary alicyclic amines) is 3. The molecule has 0 bridgehead atoms. The van der Waals surface area contributed by atoms with Gasteiger partial charge in [0.05, 0.1) is 11.1 Å². The zero-order chi connectivity index (χ0) is 18.3. The molecule has 0 spiro atoms. The van der Waals surface area contributed by atoms with Gasteiger partial charge < -0.3 is 9.80 Å². The highest BCUT2D eigenvalue weighted by molar-refractivity contribution is 5.86. The molecule has 4 heterocycles. The van der Waals surface area contributed by atoms with Gasteiger partial charge in [0.1, 0.15) is 0 Å². The van der Waals surface area contributed by atoms with Crippen molar-refractivity contribution in [2.45, 2.75) is 33.2 Å². The molecule has 3 saturated heterocycles. The fourth-order valence-corrected chi connectivity index (χ4v) is 4.89. The summed E-state index contributed by atoms with van der Waals surface area (Å²) >= 11 is 0. The molecule has 4 rings (SSSR count). The first-order valence-corrected chi connectivity index (χ1v) is 9.67. The van der Waals surface area contributed by atoms with E-state index in [-0.39, 0.29) is 17.7 Å². The predicted octanol–water partition coefficient (Wildman–Crippen LogP) is 1.29. The van der Waals surface area contributed by atoms with Crippen molar-refractivity contribution in [3.8, 4) is 0 Å². The molecule has 0 saturated carbocycles. The topological polar surface area (TPSA) is 56.8 Å². The van der Waals surface area contributed by atoms with Crippen LogP contribution in [0.15, 0.2) is 18.3 Å². The van der Waals surface area contributed by atoms with Gasteiger partial charge in [-0.15, -0.1) is 0 Å². The minimum absolute atomic E-state index is 0.0831. The summed E-state index contributed by atoms with van der Waals surface area (Å²) in [5.41, 5.74) is 1.77. The lowest BCUT2D eigenvalue weighted by Gasteiger charge is -2.32. The highest BCUT2D eigenvalue weighted by Gasteiger charge is 2.58. The maximum Gasteiger partial charge on any atom is 0.232 e. The SMILES string of the molecule is CC(=O)N1C[C@H]2CN(Cc3ccc(C)cn3)C[C@@]2(C(=O)N2CCCC2)C1. The third-order valence-corrected chi connectivity index (χ3v) is 6.30. The Morgan fingerprint density at radius 3 is 2.58 bits per heavy atom. The summed E-state index contributed by atoms with van der Waals surface area (Å²) < 4.78 is 0. The normalized spacial score (nSPS) is 28.6. The van der Waals surface area contributed by atoms with Crippen molar-refractivity contribution >= 4 is 11.8 Å². The molecule has 26 heavy (non-hydrogen) atoms. The summed E-state index contributed by atoms with van der Waals surface area (Å²) in [6.45, 7) is 9.02. The zero-order valence-corrected chi connectivity index (χ0v) is 15.8. The number of carbonyl (C=O) groups excluding carboxylic acids is 2. The number of amides is 2. The zero-order valence-electron chi connectivity index (χ0n) is 15.8. The van der Waals surface area contributed by atoms with Gasteiger partial charge in [-0.25, -0.2) is 0 Å². The number of fused-ring (bicyclic) bond motifs is 1. The first-order chi connectivity index (χ1) is 12.5. The van der Waals surface area contributed by atoms with Crippen molar-refractivity contribution in [1.82, 2.24) is 19.7 Å². The van der Waals surface area contributed by atoms with Gasteiger partial charge in [0.2, 0.25) is 11.8 Å². The van der Waals surface area contributed by atoms with Crippen LogP contribution in [-0.2, 0) is 16.1 Å². The first kappa shape index (κ1) is 17.5. The van der Waals surface area contributed by atoms with Crippen LogP contribution >= 0.6 is 0 Å². The van der Waals surface area contributed by atoms with E-state index in [0.717, 1.165) is 56.8 Å². The van der Waals surface area contributed by atoms with Crippen LogP contribution in [0.1, 0.15) is 31.0 Å². The van der Waals surface area contributed by atoms with Gasteiger partial charge in [-0.3, -0.25) is 19.5 Å². The van der Waals surface area contributed by atoms with Gasteiger partial charge in [-0.1, -0.05) is 6.07 Å². The van der Waals surface area contributed by atoms with Crippen LogP contribution in [0.4, 0.5) is 0 Å². The van der Waals surface area contributed by atoms with Gasteiger partial charge in [0.25, 0.3) is 0 Å². The fraction of sp³-hybridized carbons (Fsp3) is 0.650. The van der Waals surface area contributed by atoms with E-state index in [9.17, 15) is 9.59 Å². The third kappa shape index (κ3) is 3.00. The van der Waals surface area contributed by atoms with Gasteiger partial charge in [0, 0.05) is 64.9 Å². The third-order valence-electron chi connectivity index (χ3n) is 6.30. The van der Waals surface area contributed by atoms with E-state index in [1.54, 1.807) is 6.92 Å². The Kier molecular flexibility index (Phi) is 4.47. The Hall–Kier alpha value is -1.95. The number of aromatic nitrogens is 1. The van der Waals surface area contributed by atoms with Crippen molar-refractivity contribution in [1.29, 1.82) is 0 Å². The Bertz CT molecular complexity index is 698. The number of hydrogen-bond donors (Lipinski definition) is 0. The summed E-state index contributed by atoms with van der Waals surface area (Å²) in [6, 6.07) is 4.15. The maximum absolute atomic E-state index is 13.4. The molecule has 6 heteroatoms. The highest BCUT2D eigenvalue weighted by atomic mass is 16.2. The first-order valence-electron chi connectivity index (χ1n) is 9.67. The standard InChI is InChI=1S/C20H28N4O2/c1-15-5-6-18(21-9-15)12-22-10-17-11-24(16(2)25)14-20(17,13-22)19(26)23-7-3-4-8-23/h5-6,9,17H,3-4,7-8,10-14H2,1-2H3/t17-,20-/m1/s1. The van der Waals surface area contributed by atoms with Crippen molar-refractivity contribution in [3.05, 3.63) is 29.6 Å². The van der Waals surface area contributed by atoms with Gasteiger partial charge in [-0.05, 0) is 31.4 Å². The van der Waals surface area contributed by atoms with E-state index >= 15 is 0 Å². The second-order valence-corrected chi connectivity index (χ2v) is 8.25. The molecule has 0 unspecified atom stereocenters. The number of hydrogen-bond acceptors (Lipinski definition) is 4. The number of aryl methyl sites for hydroxylation is 1. The number of rotatable bonds is 3. The molecular formula is C20H28N4O2. The second-order valence-electron chi connectivity index (χ2n) is 8.25. The summed E-state index contributed by atoms with van der Waals surface area (Å²) in [4.78, 5) is 36.1. The van der Waals surface area contributed by atoms with Crippen LogP contribution in [0.3, 0.4) is 0 Å². The van der Waals surface area contributed by atoms with Crippen molar-refractivity contribution < 1.29 is 9.59 Å². The lowest BCUT2D eigenvalue weighted by atomic mass is 9.79. The summed E-state index contributed by atoms with van der Waals surface area (Å²) in [7, 11) is 0. The lowest BCUT2D eigenvalue weighted by Crippen LogP contribution is -2.49. The monoisotopic (exact) mass is 356 g/mol. The van der Waals surface area contributed by atoms with Crippen LogP contribution in [0.25, 0.3) is 0 Å². The maximum atomic E-state index is 13.4. The summed E-state index contributed by atoms with van der Waals surface area (Å²) in [6.07, 6.45) is 4.09. The van der Waals surface area contributed by atoms with Crippen LogP contribution < -0.4 is 0 Å². The molecule has 1 aromatic rings. The average molecular weight is 356 g/mol. The van der Waals surface area contributed by atoms with E-state index in [4.69, 9.17) is 0 Å². The molecule has 3 fully saturated rings. The van der Waals surface area contributed by atoms with E-state index < -0.39 is 5.41 Å². The van der Waals surface area contributed by atoms with E-state index in [1.165, 1.54) is 0 Å². The molecule has 0 N–H and O–H groups in total. The van der Waals surface area contributed by atoms with Gasteiger partial charge >= 0.3 is 0 Å². The molecule has 2 atom stereocenters. The summed E-state index contributed by atoms with van der Waals surface area (Å²) in [5, 5.41) is 0. The summed E-state index contributed by atoms with van der Waals surface area (Å²) in [5.74, 6) is 0.577. The second kappa shape index (κ2) is 6.65. The average Bonchev–Trinajstić information content (AvgIpc) is 3.30. The molecule has 3 aliphatic rings. The molecular weight excluding hydrogens is 328 g/mol. The van der Waals surface area contributed by atoms with E-state index in [2.05, 4.69) is 22.0 Å². The molecule has 2 amide bonds. The Morgan fingerprint density at radius 2 is 1.92 bits per heavy atom. The Balaban J connectivity index is 1.54. The van der Waals surface area contributed by atoms with Crippen LogP contribution in [0, 0.1) is 18.3 Å². The molecule has 0 aromatic carbocycles. The molecule has 0 aliphatic carbocycles. The van der Waals surface area contributed by atoms with Crippen LogP contribution in [-0.4, -0.2) is 70.8 Å². The largest absolute Gasteiger partial charge is 0.342 e. The smallest absolute Gasteiger partial charge is 0.232 e. The Morgan fingerprint density at radius 1 is 1.15 bits per heavy atom. The van der Waals surface area contributed by atoms with E-state index in [0.29, 0.717) is 13.1 Å². The molecule has 3 aliphatic heterocycles. The molecule has 1 aromatic heterocycles. The van der Waals surface area contributed by atoms with Crippen molar-refractivity contribution in [3.63, 3.8) is 0 Å². The minimum Gasteiger partial charge on any atom is -0.342 e. The van der Waals surface area contributed by atoms with E-state index in [1.807, 2.05) is 22.9 Å².